The summed E-state index contributed by atoms with van der Waals surface area (Å²) >= 11 is 0. The van der Waals surface area contributed by atoms with Gasteiger partial charge in [-0.2, -0.15) is 0 Å². The van der Waals surface area contributed by atoms with Gasteiger partial charge in [-0.25, -0.2) is 0 Å². The maximum atomic E-state index is 13.6. The van der Waals surface area contributed by atoms with Crippen molar-refractivity contribution in [2.75, 3.05) is 31.2 Å². The predicted octanol–water partition coefficient (Wildman–Crippen LogP) is 2.46. The first-order valence-corrected chi connectivity index (χ1v) is 10.8. The highest BCUT2D eigenvalue weighted by molar-refractivity contribution is 6.00. The first-order valence-electron chi connectivity index (χ1n) is 10.8. The van der Waals surface area contributed by atoms with E-state index in [1.54, 1.807) is 0 Å². The van der Waals surface area contributed by atoms with Gasteiger partial charge in [0.2, 0.25) is 5.91 Å². The van der Waals surface area contributed by atoms with Crippen molar-refractivity contribution in [3.05, 3.63) is 41.5 Å². The molecule has 3 saturated heterocycles. The first kappa shape index (κ1) is 16.1. The van der Waals surface area contributed by atoms with Crippen molar-refractivity contribution in [1.29, 1.82) is 0 Å². The van der Waals surface area contributed by atoms with Gasteiger partial charge >= 0.3 is 0 Å². The molecule has 1 aliphatic carbocycles. The van der Waals surface area contributed by atoms with E-state index in [1.807, 2.05) is 0 Å². The molecule has 2 bridgehead atoms. The van der Waals surface area contributed by atoms with E-state index >= 15 is 0 Å². The molecule has 4 fully saturated rings. The number of hydrogen-bond acceptors (Lipinski definition) is 4. The molecule has 7 rings (SSSR count). The van der Waals surface area contributed by atoms with Crippen molar-refractivity contribution >= 4 is 11.6 Å². The van der Waals surface area contributed by atoms with Crippen LogP contribution < -0.4 is 4.90 Å². The van der Waals surface area contributed by atoms with Crippen LogP contribution in [0.5, 0.6) is 0 Å². The summed E-state index contributed by atoms with van der Waals surface area (Å²) in [6, 6.07) is 9.05. The molecule has 6 aliphatic rings. The molecule has 5 heteroatoms. The lowest BCUT2D eigenvalue weighted by Gasteiger charge is -2.64. The summed E-state index contributed by atoms with van der Waals surface area (Å²) in [4.78, 5) is 18.3. The van der Waals surface area contributed by atoms with Gasteiger partial charge in [0, 0.05) is 25.1 Å². The average Bonchev–Trinajstić information content (AvgIpc) is 3.13. The van der Waals surface area contributed by atoms with Crippen molar-refractivity contribution in [3.8, 4) is 0 Å². The van der Waals surface area contributed by atoms with Crippen LogP contribution in [0.2, 0.25) is 0 Å². The molecule has 5 nitrogen and oxygen atoms in total. The summed E-state index contributed by atoms with van der Waals surface area (Å²) < 4.78 is 13.2. The van der Waals surface area contributed by atoms with E-state index in [0.717, 1.165) is 25.2 Å². The zero-order valence-electron chi connectivity index (χ0n) is 16.3. The molecule has 5 aliphatic heterocycles. The van der Waals surface area contributed by atoms with Gasteiger partial charge in [-0.05, 0) is 43.9 Å². The lowest BCUT2D eigenvalue weighted by atomic mass is 9.51. The van der Waals surface area contributed by atoms with Gasteiger partial charge in [-0.1, -0.05) is 29.8 Å². The molecule has 1 aromatic rings. The zero-order valence-corrected chi connectivity index (χ0v) is 16.3. The summed E-state index contributed by atoms with van der Waals surface area (Å²) in [6.45, 7) is 5.46. The normalized spacial score (nSPS) is 45.0. The molecule has 0 aromatic heterocycles. The number of carbonyl (C=O) groups is 1. The number of hydrogen-bond donors (Lipinski definition) is 0. The molecular weight excluding hydrogens is 352 g/mol. The Morgan fingerprint density at radius 1 is 1.32 bits per heavy atom. The molecule has 1 aromatic carbocycles. The van der Waals surface area contributed by atoms with E-state index in [0.29, 0.717) is 31.6 Å². The standard InChI is InChI=1S/C23H26N2O3/c1-2-28-23-21-15-11-19-22(23)8-9-24(19)13-14(15)7-10-27-18(21)12-20(26)25(23)17-6-4-3-5-16(17)22/h3-7,15,18-19,21H,2,8-13H2,1H3/t15-,18?,19-,21+,22+,23?/m0/s1. The molecule has 1 spiro atoms. The third-order valence-corrected chi connectivity index (χ3v) is 8.67. The molecule has 1 saturated carbocycles. The summed E-state index contributed by atoms with van der Waals surface area (Å²) in [6.07, 6.45) is 4.95. The number of nitrogens with zero attached hydrogens (tertiary/aromatic N) is 2. The van der Waals surface area contributed by atoms with Gasteiger partial charge in [0.25, 0.3) is 0 Å². The second kappa shape index (κ2) is 5.07. The number of carbonyl (C=O) groups excluding carboxylic acids is 1. The smallest absolute Gasteiger partial charge is 0.231 e. The van der Waals surface area contributed by atoms with Crippen molar-refractivity contribution in [3.63, 3.8) is 0 Å². The van der Waals surface area contributed by atoms with Crippen LogP contribution in [0.3, 0.4) is 0 Å². The van der Waals surface area contributed by atoms with Gasteiger partial charge in [0.05, 0.1) is 30.2 Å². The molecule has 28 heavy (non-hydrogen) atoms. The van der Waals surface area contributed by atoms with Gasteiger partial charge in [0.1, 0.15) is 0 Å². The SMILES string of the molecule is CCOC12[C@H]3C4CC(=O)N1c1ccccc1[C@@]21CCN2CC(=CCO4)[C@@H]3C[C@H]21. The van der Waals surface area contributed by atoms with Crippen LogP contribution in [-0.4, -0.2) is 55.0 Å². The molecule has 0 N–H and O–H groups in total. The number of benzene rings is 1. The lowest BCUT2D eigenvalue weighted by Crippen LogP contribution is -2.78. The Labute approximate surface area is 165 Å². The van der Waals surface area contributed by atoms with Gasteiger partial charge in [-0.3, -0.25) is 14.6 Å². The van der Waals surface area contributed by atoms with Gasteiger partial charge in [-0.15, -0.1) is 0 Å². The fraction of sp³-hybridized carbons (Fsp3) is 0.609. The number of ether oxygens (including phenoxy) is 2. The first-order chi connectivity index (χ1) is 13.7. The largest absolute Gasteiger partial charge is 0.373 e. The van der Waals surface area contributed by atoms with Crippen LogP contribution in [0.4, 0.5) is 5.69 Å². The maximum absolute atomic E-state index is 13.6. The molecule has 146 valence electrons. The summed E-state index contributed by atoms with van der Waals surface area (Å²) in [7, 11) is 0. The maximum Gasteiger partial charge on any atom is 0.231 e. The van der Waals surface area contributed by atoms with Crippen molar-refractivity contribution < 1.29 is 14.3 Å². The fourth-order valence-electron chi connectivity index (χ4n) is 8.07. The molecule has 2 unspecified atom stereocenters. The van der Waals surface area contributed by atoms with E-state index in [9.17, 15) is 4.79 Å². The summed E-state index contributed by atoms with van der Waals surface area (Å²) in [5.41, 5.74) is 3.18. The van der Waals surface area contributed by atoms with Crippen LogP contribution in [0.1, 0.15) is 31.7 Å². The Kier molecular flexibility index (Phi) is 2.92. The monoisotopic (exact) mass is 378 g/mol. The Morgan fingerprint density at radius 2 is 2.21 bits per heavy atom. The van der Waals surface area contributed by atoms with Crippen LogP contribution in [-0.2, 0) is 19.7 Å². The Morgan fingerprint density at radius 3 is 3.11 bits per heavy atom. The Bertz CT molecular complexity index is 928. The van der Waals surface area contributed by atoms with Crippen LogP contribution >= 0.6 is 0 Å². The van der Waals surface area contributed by atoms with Gasteiger partial charge in [0.15, 0.2) is 5.72 Å². The minimum Gasteiger partial charge on any atom is -0.373 e. The van der Waals surface area contributed by atoms with E-state index in [4.69, 9.17) is 9.47 Å². The van der Waals surface area contributed by atoms with Gasteiger partial charge < -0.3 is 9.47 Å². The van der Waals surface area contributed by atoms with Crippen LogP contribution in [0.15, 0.2) is 35.9 Å². The molecule has 5 heterocycles. The third-order valence-electron chi connectivity index (χ3n) is 8.67. The Balaban J connectivity index is 1.60. The van der Waals surface area contributed by atoms with E-state index < -0.39 is 5.72 Å². The molecule has 0 radical (unpaired) electrons. The number of piperidine rings is 2. The number of anilines is 1. The van der Waals surface area contributed by atoms with E-state index in [1.165, 1.54) is 17.6 Å². The van der Waals surface area contributed by atoms with E-state index in [2.05, 4.69) is 47.1 Å². The second-order valence-corrected chi connectivity index (χ2v) is 9.31. The highest BCUT2D eigenvalue weighted by atomic mass is 16.5. The fourth-order valence-corrected chi connectivity index (χ4v) is 8.07. The number of rotatable bonds is 2. The third kappa shape index (κ3) is 1.49. The highest BCUT2D eigenvalue weighted by Crippen LogP contribution is 2.70. The van der Waals surface area contributed by atoms with Crippen LogP contribution in [0, 0.1) is 11.8 Å². The quantitative estimate of drug-likeness (QED) is 0.742. The minimum absolute atomic E-state index is 0.0478. The highest BCUT2D eigenvalue weighted by Gasteiger charge is 2.79. The number of amides is 1. The average molecular weight is 378 g/mol. The predicted molar refractivity (Wildman–Crippen MR) is 104 cm³/mol. The number of para-hydroxylation sites is 1. The zero-order chi connectivity index (χ0) is 18.7. The van der Waals surface area contributed by atoms with Crippen LogP contribution in [0.25, 0.3) is 0 Å². The molecule has 6 atom stereocenters. The summed E-state index contributed by atoms with van der Waals surface area (Å²) in [5.74, 6) is 0.833. The summed E-state index contributed by atoms with van der Waals surface area (Å²) in [5, 5.41) is 0. The van der Waals surface area contributed by atoms with Crippen molar-refractivity contribution in [2.24, 2.45) is 11.8 Å². The van der Waals surface area contributed by atoms with Crippen molar-refractivity contribution in [1.82, 2.24) is 4.90 Å². The second-order valence-electron chi connectivity index (χ2n) is 9.31. The Hall–Kier alpha value is -1.69. The lowest BCUT2D eigenvalue weighted by molar-refractivity contribution is -0.218. The van der Waals surface area contributed by atoms with Crippen molar-refractivity contribution in [2.45, 2.75) is 49.5 Å². The number of fused-ring (bicyclic) bond motifs is 2. The molecule has 1 amide bonds. The molecular formula is C23H26N2O3. The topological polar surface area (TPSA) is 42.0 Å². The van der Waals surface area contributed by atoms with E-state index in [-0.39, 0.29) is 23.3 Å². The minimum atomic E-state index is -0.613.